The predicted molar refractivity (Wildman–Crippen MR) is 130 cm³/mol. The summed E-state index contributed by atoms with van der Waals surface area (Å²) in [6, 6.07) is 15.1. The van der Waals surface area contributed by atoms with Gasteiger partial charge in [0.05, 0.1) is 18.7 Å². The van der Waals surface area contributed by atoms with Gasteiger partial charge in [-0.25, -0.2) is 0 Å². The number of nitrogens with zero attached hydrogens (tertiary/aromatic N) is 3. The quantitative estimate of drug-likeness (QED) is 0.435. The van der Waals surface area contributed by atoms with E-state index in [1.54, 1.807) is 7.11 Å². The zero-order chi connectivity index (χ0) is 22.7. The molecule has 1 aliphatic heterocycles. The minimum absolute atomic E-state index is 0.223. The van der Waals surface area contributed by atoms with Crippen LogP contribution in [0.4, 0.5) is 0 Å². The molecule has 0 saturated carbocycles. The van der Waals surface area contributed by atoms with E-state index in [9.17, 15) is 0 Å². The molecule has 1 aliphatic rings. The highest BCUT2D eigenvalue weighted by Gasteiger charge is 2.33. The van der Waals surface area contributed by atoms with Gasteiger partial charge in [-0.2, -0.15) is 4.98 Å². The van der Waals surface area contributed by atoms with Crippen molar-refractivity contribution in [2.75, 3.05) is 13.7 Å². The lowest BCUT2D eigenvalue weighted by Gasteiger charge is -2.37. The molecule has 0 spiro atoms. The molecule has 166 valence electrons. The Morgan fingerprint density at radius 3 is 2.69 bits per heavy atom. The van der Waals surface area contributed by atoms with Crippen molar-refractivity contribution in [3.05, 3.63) is 70.7 Å². The van der Waals surface area contributed by atoms with E-state index in [0.29, 0.717) is 21.9 Å². The Kier molecular flexibility index (Phi) is 6.77. The normalized spacial score (nSPS) is 16.3. The number of aromatic nitrogens is 2. The van der Waals surface area contributed by atoms with E-state index in [0.717, 1.165) is 47.5 Å². The van der Waals surface area contributed by atoms with Crippen molar-refractivity contribution in [1.82, 2.24) is 20.4 Å². The third-order valence-corrected chi connectivity index (χ3v) is 6.09. The number of unbranched alkanes of at least 4 members (excludes halogenated alkanes) is 1. The molecule has 4 rings (SSSR count). The Morgan fingerprint density at radius 1 is 1.22 bits per heavy atom. The summed E-state index contributed by atoms with van der Waals surface area (Å²) in [5.41, 5.74) is 3.74. The van der Waals surface area contributed by atoms with Crippen LogP contribution >= 0.6 is 23.8 Å². The van der Waals surface area contributed by atoms with Gasteiger partial charge >= 0.3 is 0 Å². The Balaban J connectivity index is 1.79. The number of rotatable bonds is 7. The van der Waals surface area contributed by atoms with E-state index in [4.69, 9.17) is 38.1 Å². The fraction of sp³-hybridized carbons (Fsp3) is 0.292. The highest BCUT2D eigenvalue weighted by molar-refractivity contribution is 7.80. The smallest absolute Gasteiger partial charge is 0.258 e. The highest BCUT2D eigenvalue weighted by atomic mass is 35.5. The van der Waals surface area contributed by atoms with Crippen LogP contribution in [0.1, 0.15) is 44.2 Å². The molecule has 0 aliphatic carbocycles. The van der Waals surface area contributed by atoms with Crippen LogP contribution in [0.5, 0.6) is 5.75 Å². The van der Waals surface area contributed by atoms with Gasteiger partial charge in [-0.15, -0.1) is 0 Å². The molecule has 0 radical (unpaired) electrons. The number of thiocarbonyl (C=S) groups is 1. The summed E-state index contributed by atoms with van der Waals surface area (Å²) >= 11 is 11.9. The van der Waals surface area contributed by atoms with Crippen LogP contribution in [0.25, 0.3) is 17.0 Å². The molecule has 3 aromatic rings. The molecule has 8 heteroatoms. The summed E-state index contributed by atoms with van der Waals surface area (Å²) in [7, 11) is 1.65. The molecule has 1 N–H and O–H groups in total. The largest absolute Gasteiger partial charge is 0.497 e. The second-order valence-corrected chi connectivity index (χ2v) is 8.42. The molecule has 1 unspecified atom stereocenters. The summed E-state index contributed by atoms with van der Waals surface area (Å²) in [6.07, 6.45) is 2.10. The van der Waals surface area contributed by atoms with Crippen molar-refractivity contribution in [3.63, 3.8) is 0 Å². The number of nitrogens with one attached hydrogen (secondary N) is 1. The van der Waals surface area contributed by atoms with Gasteiger partial charge < -0.3 is 19.5 Å². The molecular weight excluding hydrogens is 444 g/mol. The molecule has 2 aromatic carbocycles. The van der Waals surface area contributed by atoms with E-state index >= 15 is 0 Å². The second-order valence-electron chi connectivity index (χ2n) is 7.59. The number of allylic oxidation sites excluding steroid dienone is 1. The Labute approximate surface area is 198 Å². The van der Waals surface area contributed by atoms with Crippen LogP contribution in [0.2, 0.25) is 5.02 Å². The first-order valence-corrected chi connectivity index (χ1v) is 11.3. The molecule has 0 amide bonds. The summed E-state index contributed by atoms with van der Waals surface area (Å²) in [5, 5.41) is 9.01. The second kappa shape index (κ2) is 9.71. The van der Waals surface area contributed by atoms with Crippen LogP contribution < -0.4 is 10.1 Å². The zero-order valence-corrected chi connectivity index (χ0v) is 19.8. The van der Waals surface area contributed by atoms with Gasteiger partial charge in [0.25, 0.3) is 5.89 Å². The number of hydrogen-bond donors (Lipinski definition) is 1. The molecule has 0 bridgehead atoms. The number of halogens is 1. The van der Waals surface area contributed by atoms with Gasteiger partial charge in [0.1, 0.15) is 5.75 Å². The maximum absolute atomic E-state index is 6.15. The summed E-state index contributed by atoms with van der Waals surface area (Å²) < 4.78 is 11.1. The van der Waals surface area contributed by atoms with Crippen molar-refractivity contribution in [2.24, 2.45) is 0 Å². The lowest BCUT2D eigenvalue weighted by atomic mass is 9.94. The SMILES string of the molecule is CCCCN1C(=S)NC(c2ccc(OC)cc2)C(c2nc(-c3cccc(Cl)c3)no2)=C1C. The third kappa shape index (κ3) is 4.49. The predicted octanol–water partition coefficient (Wildman–Crippen LogP) is 5.86. The van der Waals surface area contributed by atoms with E-state index in [-0.39, 0.29) is 6.04 Å². The third-order valence-electron chi connectivity index (χ3n) is 5.52. The number of methoxy groups -OCH3 is 1. The standard InChI is InChI=1S/C24H25ClN4O2S/c1-4-5-13-29-15(2)20(21(26-24(29)32)16-9-11-19(30-3)12-10-16)23-27-22(28-31-23)17-7-6-8-18(25)14-17/h6-12,14,21H,4-5,13H2,1-3H3,(H,26,32). The fourth-order valence-corrected chi connectivity index (χ4v) is 4.30. The number of hydrogen-bond acceptors (Lipinski definition) is 5. The minimum Gasteiger partial charge on any atom is -0.497 e. The summed E-state index contributed by atoms with van der Waals surface area (Å²) in [4.78, 5) is 6.82. The van der Waals surface area contributed by atoms with Crippen LogP contribution in [0.15, 0.2) is 58.8 Å². The van der Waals surface area contributed by atoms with Gasteiger partial charge in [0.15, 0.2) is 5.11 Å². The maximum atomic E-state index is 6.15. The average Bonchev–Trinajstić information content (AvgIpc) is 3.28. The maximum Gasteiger partial charge on any atom is 0.258 e. The molecule has 32 heavy (non-hydrogen) atoms. The molecule has 0 fully saturated rings. The van der Waals surface area contributed by atoms with Crippen molar-refractivity contribution in [2.45, 2.75) is 32.7 Å². The van der Waals surface area contributed by atoms with Gasteiger partial charge in [-0.1, -0.05) is 54.4 Å². The molecule has 2 heterocycles. The lowest BCUT2D eigenvalue weighted by molar-refractivity contribution is 0.395. The van der Waals surface area contributed by atoms with Crippen molar-refractivity contribution in [1.29, 1.82) is 0 Å². The number of benzene rings is 2. The molecular formula is C24H25ClN4O2S. The zero-order valence-electron chi connectivity index (χ0n) is 18.3. The molecule has 1 atom stereocenters. The van der Waals surface area contributed by atoms with Crippen LogP contribution in [0, 0.1) is 0 Å². The first kappa shape index (κ1) is 22.3. The molecule has 0 saturated heterocycles. The minimum atomic E-state index is -0.223. The summed E-state index contributed by atoms with van der Waals surface area (Å²) in [6.45, 7) is 5.04. The Bertz CT molecular complexity index is 1140. The molecule has 1 aromatic heterocycles. The average molecular weight is 469 g/mol. The molecule has 6 nitrogen and oxygen atoms in total. The number of ether oxygens (including phenoxy) is 1. The van der Waals surface area contributed by atoms with Gasteiger partial charge in [-0.3, -0.25) is 0 Å². The van der Waals surface area contributed by atoms with E-state index in [2.05, 4.69) is 29.2 Å². The van der Waals surface area contributed by atoms with Crippen molar-refractivity contribution in [3.8, 4) is 17.1 Å². The van der Waals surface area contributed by atoms with Crippen molar-refractivity contribution >= 4 is 34.5 Å². The van der Waals surface area contributed by atoms with Crippen LogP contribution in [0.3, 0.4) is 0 Å². The van der Waals surface area contributed by atoms with Gasteiger partial charge in [0, 0.05) is 22.8 Å². The first-order chi connectivity index (χ1) is 15.5. The highest BCUT2D eigenvalue weighted by Crippen LogP contribution is 2.38. The Hall–Kier alpha value is -2.90. The van der Waals surface area contributed by atoms with E-state index < -0.39 is 0 Å². The lowest BCUT2D eigenvalue weighted by Crippen LogP contribution is -2.46. The first-order valence-electron chi connectivity index (χ1n) is 10.5. The summed E-state index contributed by atoms with van der Waals surface area (Å²) in [5.74, 6) is 1.74. The van der Waals surface area contributed by atoms with Crippen LogP contribution in [-0.4, -0.2) is 33.8 Å². The monoisotopic (exact) mass is 468 g/mol. The van der Waals surface area contributed by atoms with E-state index in [1.165, 1.54) is 0 Å². The Morgan fingerprint density at radius 2 is 2.00 bits per heavy atom. The van der Waals surface area contributed by atoms with Gasteiger partial charge in [-0.05, 0) is 55.4 Å². The topological polar surface area (TPSA) is 63.4 Å². The van der Waals surface area contributed by atoms with E-state index in [1.807, 2.05) is 48.5 Å². The van der Waals surface area contributed by atoms with Crippen molar-refractivity contribution < 1.29 is 9.26 Å². The van der Waals surface area contributed by atoms with Crippen LogP contribution in [-0.2, 0) is 0 Å². The van der Waals surface area contributed by atoms with Gasteiger partial charge in [0.2, 0.25) is 5.82 Å². The fourth-order valence-electron chi connectivity index (χ4n) is 3.77.